The summed E-state index contributed by atoms with van der Waals surface area (Å²) in [5, 5.41) is 10.5. The monoisotopic (exact) mass is 271 g/mol. The third kappa shape index (κ3) is 5.76. The van der Waals surface area contributed by atoms with Gasteiger partial charge in [0.2, 0.25) is 15.9 Å². The van der Waals surface area contributed by atoms with Crippen molar-refractivity contribution in [2.75, 3.05) is 18.9 Å². The van der Waals surface area contributed by atoms with Crippen LogP contribution in [0.25, 0.3) is 0 Å². The summed E-state index contributed by atoms with van der Waals surface area (Å²) in [5.74, 6) is -0.301. The highest BCUT2D eigenvalue weighted by Gasteiger charge is 2.05. The van der Waals surface area contributed by atoms with E-state index in [4.69, 9.17) is 5.14 Å². The molecule has 0 aromatic heterocycles. The van der Waals surface area contributed by atoms with E-state index >= 15 is 0 Å². The second kappa shape index (κ2) is 6.48. The zero-order valence-corrected chi connectivity index (χ0v) is 11.0. The highest BCUT2D eigenvalue weighted by atomic mass is 32.2. The molecule has 0 unspecified atom stereocenters. The van der Waals surface area contributed by atoms with Crippen molar-refractivity contribution < 1.29 is 13.2 Å². The van der Waals surface area contributed by atoms with E-state index in [1.165, 1.54) is 0 Å². The molecule has 0 radical (unpaired) electrons. The number of hydrogen-bond donors (Lipinski definition) is 3. The number of nitrogens with two attached hydrogens (primary N) is 1. The van der Waals surface area contributed by atoms with Crippen LogP contribution in [0.3, 0.4) is 0 Å². The number of anilines is 1. The SMILES string of the molecule is CNCCC(=O)Nc1ccc(CS(N)(=O)=O)cc1. The highest BCUT2D eigenvalue weighted by molar-refractivity contribution is 7.88. The molecule has 0 heterocycles. The van der Waals surface area contributed by atoms with Crippen LogP contribution in [0, 0.1) is 0 Å². The van der Waals surface area contributed by atoms with E-state index in [0.717, 1.165) is 0 Å². The fourth-order valence-corrected chi connectivity index (χ4v) is 2.04. The molecule has 0 fully saturated rings. The maximum Gasteiger partial charge on any atom is 0.225 e. The largest absolute Gasteiger partial charge is 0.326 e. The van der Waals surface area contributed by atoms with Crippen molar-refractivity contribution >= 4 is 21.6 Å². The lowest BCUT2D eigenvalue weighted by atomic mass is 10.2. The quantitative estimate of drug-likeness (QED) is 0.679. The molecule has 0 spiro atoms. The van der Waals surface area contributed by atoms with Gasteiger partial charge < -0.3 is 10.6 Å². The molecule has 18 heavy (non-hydrogen) atoms. The van der Waals surface area contributed by atoms with Crippen molar-refractivity contribution in [2.45, 2.75) is 12.2 Å². The summed E-state index contributed by atoms with van der Waals surface area (Å²) >= 11 is 0. The van der Waals surface area contributed by atoms with Crippen LogP contribution in [0.2, 0.25) is 0 Å². The number of carbonyl (C=O) groups is 1. The minimum Gasteiger partial charge on any atom is -0.326 e. The van der Waals surface area contributed by atoms with Gasteiger partial charge in [-0.15, -0.1) is 0 Å². The predicted octanol–water partition coefficient (Wildman–Crippen LogP) is 0.0231. The average molecular weight is 271 g/mol. The molecule has 6 nitrogen and oxygen atoms in total. The number of carbonyl (C=O) groups excluding carboxylic acids is 1. The third-order valence-electron chi connectivity index (χ3n) is 2.21. The summed E-state index contributed by atoms with van der Waals surface area (Å²) in [5.41, 5.74) is 1.22. The number of nitrogens with one attached hydrogen (secondary N) is 2. The summed E-state index contributed by atoms with van der Waals surface area (Å²) < 4.78 is 21.8. The van der Waals surface area contributed by atoms with E-state index in [1.54, 1.807) is 31.3 Å². The Bertz CT molecular complexity index is 497. The van der Waals surface area contributed by atoms with Gasteiger partial charge in [0.15, 0.2) is 0 Å². The Morgan fingerprint density at radius 1 is 1.28 bits per heavy atom. The van der Waals surface area contributed by atoms with Crippen molar-refractivity contribution in [2.24, 2.45) is 5.14 Å². The summed E-state index contributed by atoms with van der Waals surface area (Å²) in [7, 11) is -1.75. The van der Waals surface area contributed by atoms with Crippen LogP contribution in [0.1, 0.15) is 12.0 Å². The van der Waals surface area contributed by atoms with E-state index in [-0.39, 0.29) is 11.7 Å². The maximum atomic E-state index is 11.4. The van der Waals surface area contributed by atoms with Gasteiger partial charge in [0, 0.05) is 18.7 Å². The Labute approximate surface area is 107 Å². The molecule has 1 amide bonds. The first-order valence-corrected chi connectivity index (χ1v) is 7.16. The van der Waals surface area contributed by atoms with E-state index in [9.17, 15) is 13.2 Å². The molecule has 0 aliphatic rings. The Hall–Kier alpha value is -1.44. The van der Waals surface area contributed by atoms with Gasteiger partial charge >= 0.3 is 0 Å². The van der Waals surface area contributed by atoms with Crippen LogP contribution in [-0.2, 0) is 20.6 Å². The van der Waals surface area contributed by atoms with Gasteiger partial charge in [0.1, 0.15) is 0 Å². The van der Waals surface area contributed by atoms with Gasteiger partial charge in [-0.05, 0) is 24.7 Å². The summed E-state index contributed by atoms with van der Waals surface area (Å²) in [4.78, 5) is 11.4. The van der Waals surface area contributed by atoms with Gasteiger partial charge in [-0.3, -0.25) is 4.79 Å². The number of benzene rings is 1. The standard InChI is InChI=1S/C11H17N3O3S/c1-13-7-6-11(15)14-10-4-2-9(3-5-10)8-18(12,16)17/h2-5,13H,6-8H2,1H3,(H,14,15)(H2,12,16,17). The number of primary sulfonamides is 1. The molecule has 1 aromatic rings. The van der Waals surface area contributed by atoms with Crippen molar-refractivity contribution in [1.29, 1.82) is 0 Å². The molecule has 0 saturated heterocycles. The van der Waals surface area contributed by atoms with E-state index in [2.05, 4.69) is 10.6 Å². The van der Waals surface area contributed by atoms with E-state index < -0.39 is 10.0 Å². The molecule has 1 aromatic carbocycles. The van der Waals surface area contributed by atoms with Gasteiger partial charge in [-0.25, -0.2) is 13.6 Å². The number of hydrogen-bond acceptors (Lipinski definition) is 4. The van der Waals surface area contributed by atoms with Crippen LogP contribution in [0.5, 0.6) is 0 Å². The fraction of sp³-hybridized carbons (Fsp3) is 0.364. The van der Waals surface area contributed by atoms with E-state index in [1.807, 2.05) is 0 Å². The minimum absolute atomic E-state index is 0.0939. The Balaban J connectivity index is 2.58. The first kappa shape index (κ1) is 14.6. The molecule has 1 rings (SSSR count). The molecule has 0 aliphatic heterocycles. The lowest BCUT2D eigenvalue weighted by Gasteiger charge is -2.06. The fourth-order valence-electron chi connectivity index (χ4n) is 1.38. The molecular weight excluding hydrogens is 254 g/mol. The lowest BCUT2D eigenvalue weighted by Crippen LogP contribution is -2.18. The molecular formula is C11H17N3O3S. The summed E-state index contributed by atoms with van der Waals surface area (Å²) in [6, 6.07) is 6.55. The van der Waals surface area contributed by atoms with Crippen molar-refractivity contribution in [3.8, 4) is 0 Å². The first-order chi connectivity index (χ1) is 8.40. The zero-order valence-electron chi connectivity index (χ0n) is 10.1. The Morgan fingerprint density at radius 2 is 1.89 bits per heavy atom. The third-order valence-corrected chi connectivity index (χ3v) is 2.94. The molecule has 4 N–H and O–H groups in total. The molecule has 0 saturated carbocycles. The first-order valence-electron chi connectivity index (χ1n) is 5.44. The predicted molar refractivity (Wildman–Crippen MR) is 70.4 cm³/mol. The van der Waals surface area contributed by atoms with Crippen molar-refractivity contribution in [3.05, 3.63) is 29.8 Å². The Kier molecular flexibility index (Phi) is 5.26. The van der Waals surface area contributed by atoms with Crippen molar-refractivity contribution in [1.82, 2.24) is 5.32 Å². The number of sulfonamides is 1. The molecule has 0 bridgehead atoms. The van der Waals surface area contributed by atoms with Crippen LogP contribution in [-0.4, -0.2) is 27.9 Å². The van der Waals surface area contributed by atoms with Gasteiger partial charge in [-0.2, -0.15) is 0 Å². The molecule has 0 atom stereocenters. The minimum atomic E-state index is -3.52. The summed E-state index contributed by atoms with van der Waals surface area (Å²) in [6.07, 6.45) is 0.384. The maximum absolute atomic E-state index is 11.4. The Morgan fingerprint density at radius 3 is 2.39 bits per heavy atom. The van der Waals surface area contributed by atoms with Crippen LogP contribution in [0.4, 0.5) is 5.69 Å². The summed E-state index contributed by atoms with van der Waals surface area (Å²) in [6.45, 7) is 0.606. The van der Waals surface area contributed by atoms with E-state index in [0.29, 0.717) is 24.2 Å². The van der Waals surface area contributed by atoms with Gasteiger partial charge in [0.05, 0.1) is 5.75 Å². The van der Waals surface area contributed by atoms with Gasteiger partial charge in [0.25, 0.3) is 0 Å². The molecule has 0 aliphatic carbocycles. The van der Waals surface area contributed by atoms with Crippen LogP contribution < -0.4 is 15.8 Å². The lowest BCUT2D eigenvalue weighted by molar-refractivity contribution is -0.116. The van der Waals surface area contributed by atoms with Crippen LogP contribution >= 0.6 is 0 Å². The molecule has 7 heteroatoms. The van der Waals surface area contributed by atoms with Crippen LogP contribution in [0.15, 0.2) is 24.3 Å². The van der Waals surface area contributed by atoms with Crippen molar-refractivity contribution in [3.63, 3.8) is 0 Å². The normalized spacial score (nSPS) is 11.2. The number of rotatable bonds is 6. The molecule has 100 valence electrons. The second-order valence-electron chi connectivity index (χ2n) is 3.91. The highest BCUT2D eigenvalue weighted by Crippen LogP contribution is 2.11. The smallest absolute Gasteiger partial charge is 0.225 e. The average Bonchev–Trinajstić information content (AvgIpc) is 2.27. The topological polar surface area (TPSA) is 101 Å². The van der Waals surface area contributed by atoms with Gasteiger partial charge in [-0.1, -0.05) is 12.1 Å². The second-order valence-corrected chi connectivity index (χ2v) is 5.52. The number of amides is 1. The zero-order chi connectivity index (χ0) is 13.6.